The number of aliphatic hydroxyl groups excluding tert-OH is 1. The summed E-state index contributed by atoms with van der Waals surface area (Å²) in [5.41, 5.74) is -0.840. The van der Waals surface area contributed by atoms with Gasteiger partial charge in [0.05, 0.1) is 11.2 Å². The number of aliphatic hydroxyl groups is 1. The van der Waals surface area contributed by atoms with E-state index in [-0.39, 0.29) is 0 Å². The third-order valence-corrected chi connectivity index (χ3v) is 4.68. The highest BCUT2D eigenvalue weighted by Gasteiger charge is 2.53. The fourth-order valence-electron chi connectivity index (χ4n) is 1.84. The van der Waals surface area contributed by atoms with Crippen molar-refractivity contribution >= 4 is 24.5 Å². The van der Waals surface area contributed by atoms with Gasteiger partial charge in [-0.25, -0.2) is 4.39 Å². The molecule has 1 N–H and O–H groups in total. The molecule has 0 aromatic carbocycles. The maximum atomic E-state index is 14.3. The van der Waals surface area contributed by atoms with E-state index in [1.165, 1.54) is 17.4 Å². The van der Waals surface area contributed by atoms with E-state index in [0.717, 1.165) is 10.4 Å². The molecule has 1 aromatic heterocycles. The first kappa shape index (κ1) is 17.2. The van der Waals surface area contributed by atoms with Gasteiger partial charge in [-0.3, -0.25) is 0 Å². The molecule has 1 aromatic rings. The molecule has 22 heavy (non-hydrogen) atoms. The van der Waals surface area contributed by atoms with E-state index in [9.17, 15) is 4.39 Å². The topological polar surface area (TPSA) is 38.7 Å². The minimum Gasteiger partial charge on any atom is -0.398 e. The van der Waals surface area contributed by atoms with E-state index >= 15 is 0 Å². The van der Waals surface area contributed by atoms with Crippen LogP contribution in [0.5, 0.6) is 0 Å². The molecule has 0 spiro atoms. The molecule has 0 radical (unpaired) electrons. The molecule has 118 valence electrons. The molecule has 0 aliphatic carbocycles. The van der Waals surface area contributed by atoms with E-state index in [0.29, 0.717) is 0 Å². The molecular formula is C16H20BFO3S. The molecule has 1 fully saturated rings. The summed E-state index contributed by atoms with van der Waals surface area (Å²) in [7, 11) is -0.987. The Hall–Kier alpha value is -1.13. The maximum absolute atomic E-state index is 14.3. The van der Waals surface area contributed by atoms with Crippen molar-refractivity contribution in [1.29, 1.82) is 0 Å². The highest BCUT2D eigenvalue weighted by atomic mass is 32.1. The zero-order valence-corrected chi connectivity index (χ0v) is 14.3. The lowest BCUT2D eigenvalue weighted by Gasteiger charge is -2.32. The van der Waals surface area contributed by atoms with Crippen LogP contribution in [0.1, 0.15) is 45.1 Å². The van der Waals surface area contributed by atoms with Crippen LogP contribution in [0.2, 0.25) is 0 Å². The van der Waals surface area contributed by atoms with Crippen molar-refractivity contribution in [3.05, 3.63) is 27.6 Å². The van der Waals surface area contributed by atoms with Crippen molar-refractivity contribution in [3.8, 4) is 11.8 Å². The molecule has 0 amide bonds. The van der Waals surface area contributed by atoms with Gasteiger partial charge in [-0.15, -0.1) is 11.3 Å². The van der Waals surface area contributed by atoms with E-state index in [4.69, 9.17) is 14.4 Å². The summed E-state index contributed by atoms with van der Waals surface area (Å²) in [6.07, 6.45) is 0.723. The average molecular weight is 322 g/mol. The van der Waals surface area contributed by atoms with E-state index < -0.39 is 30.2 Å². The zero-order valence-electron chi connectivity index (χ0n) is 13.4. The smallest absolute Gasteiger partial charge is 0.398 e. The van der Waals surface area contributed by atoms with Gasteiger partial charge in [-0.05, 0) is 46.8 Å². The van der Waals surface area contributed by atoms with Crippen molar-refractivity contribution in [2.45, 2.75) is 51.9 Å². The zero-order chi connectivity index (χ0) is 16.5. The van der Waals surface area contributed by atoms with Gasteiger partial charge in [-0.2, -0.15) is 0 Å². The summed E-state index contributed by atoms with van der Waals surface area (Å²) in [4.78, 5) is 0.724. The van der Waals surface area contributed by atoms with Crippen LogP contribution in [0.15, 0.2) is 17.2 Å². The molecule has 0 saturated carbocycles. The Morgan fingerprint density at radius 3 is 2.50 bits per heavy atom. The second kappa shape index (κ2) is 6.17. The standard InChI is InChI=1S/C16H20BFO3S/c1-11(19)6-7-12-8-13(22-10-12)9-14(18)17-20-15(2,3)16(4,5)21-17/h8-11,19H,1-5H3. The minimum atomic E-state index is -0.987. The van der Waals surface area contributed by atoms with Crippen LogP contribution in [0.25, 0.3) is 6.08 Å². The van der Waals surface area contributed by atoms with Crippen LogP contribution in [-0.2, 0) is 9.31 Å². The molecule has 2 heterocycles. The Balaban J connectivity index is 2.13. The van der Waals surface area contributed by atoms with Crippen LogP contribution < -0.4 is 0 Å². The molecule has 3 nitrogen and oxygen atoms in total. The fraction of sp³-hybridized carbons (Fsp3) is 0.500. The fourth-order valence-corrected chi connectivity index (χ4v) is 2.61. The molecule has 1 unspecified atom stereocenters. The molecule has 1 aliphatic rings. The van der Waals surface area contributed by atoms with E-state index in [1.807, 2.05) is 33.1 Å². The SMILES string of the molecule is CC(O)C#Cc1csc(C=C(F)B2OC(C)(C)C(C)(C)O2)c1. The molecule has 0 bridgehead atoms. The second-order valence-corrected chi connectivity index (χ2v) is 7.24. The second-order valence-electron chi connectivity index (χ2n) is 6.30. The Bertz CT molecular complexity index is 621. The lowest BCUT2D eigenvalue weighted by molar-refractivity contribution is 0.00578. The van der Waals surface area contributed by atoms with Crippen molar-refractivity contribution in [3.63, 3.8) is 0 Å². The molecule has 1 aliphatic heterocycles. The number of halogens is 1. The van der Waals surface area contributed by atoms with Crippen molar-refractivity contribution in [2.75, 3.05) is 0 Å². The van der Waals surface area contributed by atoms with Crippen molar-refractivity contribution in [1.82, 2.24) is 0 Å². The van der Waals surface area contributed by atoms with Crippen LogP contribution >= 0.6 is 11.3 Å². The third kappa shape index (κ3) is 3.79. The predicted molar refractivity (Wildman–Crippen MR) is 88.0 cm³/mol. The lowest BCUT2D eigenvalue weighted by atomic mass is 9.87. The highest BCUT2D eigenvalue weighted by Crippen LogP contribution is 2.39. The summed E-state index contributed by atoms with van der Waals surface area (Å²) in [5.74, 6) is 5.48. The van der Waals surface area contributed by atoms with Crippen molar-refractivity contribution in [2.24, 2.45) is 0 Å². The number of hydrogen-bond donors (Lipinski definition) is 1. The van der Waals surface area contributed by atoms with Gasteiger partial charge < -0.3 is 14.4 Å². The lowest BCUT2D eigenvalue weighted by Crippen LogP contribution is -2.41. The summed E-state index contributed by atoms with van der Waals surface area (Å²) in [5, 5.41) is 11.0. The number of thiophene rings is 1. The third-order valence-electron chi connectivity index (χ3n) is 3.80. The minimum absolute atomic E-state index is 0.462. The first-order valence-corrected chi connectivity index (χ1v) is 7.99. The summed E-state index contributed by atoms with van der Waals surface area (Å²) < 4.78 is 25.7. The van der Waals surface area contributed by atoms with Crippen LogP contribution in [-0.4, -0.2) is 29.5 Å². The summed E-state index contributed by atoms with van der Waals surface area (Å²) >= 11 is 1.38. The van der Waals surface area contributed by atoms with E-state index in [2.05, 4.69) is 11.8 Å². The van der Waals surface area contributed by atoms with Gasteiger partial charge in [0.2, 0.25) is 0 Å². The maximum Gasteiger partial charge on any atom is 0.525 e. The predicted octanol–water partition coefficient (Wildman–Crippen LogP) is 3.42. The normalized spacial score (nSPS) is 21.4. The largest absolute Gasteiger partial charge is 0.525 e. The summed E-state index contributed by atoms with van der Waals surface area (Å²) in [6.45, 7) is 9.13. The average Bonchev–Trinajstić information content (AvgIpc) is 2.90. The Kier molecular flexibility index (Phi) is 4.83. The van der Waals surface area contributed by atoms with Gasteiger partial charge >= 0.3 is 7.12 Å². The van der Waals surface area contributed by atoms with Gasteiger partial charge in [0.15, 0.2) is 0 Å². The van der Waals surface area contributed by atoms with Crippen molar-refractivity contribution < 1.29 is 18.8 Å². The van der Waals surface area contributed by atoms with Crippen LogP contribution in [0.4, 0.5) is 4.39 Å². The molecular weight excluding hydrogens is 302 g/mol. The monoisotopic (exact) mass is 322 g/mol. The molecule has 2 rings (SSSR count). The van der Waals surface area contributed by atoms with Crippen LogP contribution in [0.3, 0.4) is 0 Å². The van der Waals surface area contributed by atoms with E-state index in [1.54, 1.807) is 13.0 Å². The Morgan fingerprint density at radius 2 is 1.95 bits per heavy atom. The molecule has 6 heteroatoms. The quantitative estimate of drug-likeness (QED) is 0.670. The molecule has 1 saturated heterocycles. The first-order valence-electron chi connectivity index (χ1n) is 7.11. The number of rotatable bonds is 2. The van der Waals surface area contributed by atoms with Crippen LogP contribution in [0, 0.1) is 11.8 Å². The van der Waals surface area contributed by atoms with Gasteiger partial charge in [0.25, 0.3) is 0 Å². The number of hydrogen-bond acceptors (Lipinski definition) is 4. The summed E-state index contributed by atoms with van der Waals surface area (Å²) in [6, 6.07) is 1.77. The Morgan fingerprint density at radius 1 is 1.36 bits per heavy atom. The first-order chi connectivity index (χ1) is 10.1. The molecule has 1 atom stereocenters. The van der Waals surface area contributed by atoms with Gasteiger partial charge in [0.1, 0.15) is 11.8 Å². The van der Waals surface area contributed by atoms with Gasteiger partial charge in [0, 0.05) is 15.8 Å². The van der Waals surface area contributed by atoms with Gasteiger partial charge in [-0.1, -0.05) is 11.8 Å². The Labute approximate surface area is 135 Å². The highest BCUT2D eigenvalue weighted by molar-refractivity contribution is 7.11.